The molecule has 35 heavy (non-hydrogen) atoms. The summed E-state index contributed by atoms with van der Waals surface area (Å²) in [5.74, 6) is 0.529. The van der Waals surface area contributed by atoms with Gasteiger partial charge in [0, 0.05) is 68.2 Å². The van der Waals surface area contributed by atoms with Gasteiger partial charge in [-0.1, -0.05) is 42.5 Å². The summed E-state index contributed by atoms with van der Waals surface area (Å²) in [5, 5.41) is 11.0. The number of rotatable bonds is 5. The van der Waals surface area contributed by atoms with Crippen LogP contribution in [0.3, 0.4) is 0 Å². The zero-order valence-electron chi connectivity index (χ0n) is 19.6. The molecule has 1 aromatic heterocycles. The van der Waals surface area contributed by atoms with E-state index in [1.807, 2.05) is 47.4 Å². The number of nitrogens with zero attached hydrogens (tertiary/aromatic N) is 3. The van der Waals surface area contributed by atoms with Crippen molar-refractivity contribution in [2.24, 2.45) is 0 Å². The minimum absolute atomic E-state index is 0.0686. The Kier molecular flexibility index (Phi) is 6.79. The monoisotopic (exact) mass is 475 g/mol. The highest BCUT2D eigenvalue weighted by molar-refractivity contribution is 5.76. The molecule has 1 atom stereocenters. The number of hydrogen-bond donors (Lipinski definition) is 1. The lowest BCUT2D eigenvalue weighted by molar-refractivity contribution is -0.136. The van der Waals surface area contributed by atoms with Gasteiger partial charge in [-0.2, -0.15) is 0 Å². The number of carbonyl (C=O) groups is 1. The maximum Gasteiger partial charge on any atom is 0.223 e. The van der Waals surface area contributed by atoms with Crippen LogP contribution < -0.4 is 4.74 Å². The predicted octanol–water partition coefficient (Wildman–Crippen LogP) is 4.06. The maximum absolute atomic E-state index is 14.6. The first-order valence-corrected chi connectivity index (χ1v) is 12.1. The third kappa shape index (κ3) is 5.21. The molecule has 3 aromatic rings. The quantitative estimate of drug-likeness (QED) is 0.603. The summed E-state index contributed by atoms with van der Waals surface area (Å²) in [5.41, 5.74) is 1.41. The lowest BCUT2D eigenvalue weighted by Gasteiger charge is -2.38. The Labute approximate surface area is 205 Å². The standard InChI is InChI=1S/C28H30FN3O3/c29-24-9-3-2-8-23(24)26-20-31(19-21-6-1-4-10-25(21)35-26)15-11-27(33)32-16-12-28(34,13-17-32)22-7-5-14-30-18-22/h1-10,14,18,26,34H,11-13,15-17,19-20H2/t26-/m1/s1. The number of carbonyl (C=O) groups excluding carboxylic acids is 1. The summed E-state index contributed by atoms with van der Waals surface area (Å²) < 4.78 is 20.8. The molecule has 2 aliphatic heterocycles. The molecular weight excluding hydrogens is 445 g/mol. The third-order valence-corrected chi connectivity index (χ3v) is 7.10. The zero-order valence-corrected chi connectivity index (χ0v) is 19.6. The van der Waals surface area contributed by atoms with Gasteiger partial charge >= 0.3 is 0 Å². The number of halogens is 1. The van der Waals surface area contributed by atoms with Gasteiger partial charge in [0.1, 0.15) is 17.7 Å². The number of para-hydroxylation sites is 1. The smallest absolute Gasteiger partial charge is 0.223 e. The van der Waals surface area contributed by atoms with Crippen LogP contribution in [0.15, 0.2) is 73.1 Å². The molecule has 1 saturated heterocycles. The topological polar surface area (TPSA) is 65.9 Å². The van der Waals surface area contributed by atoms with Crippen molar-refractivity contribution >= 4 is 5.91 Å². The lowest BCUT2D eigenvalue weighted by atomic mass is 9.85. The van der Waals surface area contributed by atoms with E-state index in [0.717, 1.165) is 16.9 Å². The fourth-order valence-corrected chi connectivity index (χ4v) is 5.01. The van der Waals surface area contributed by atoms with Crippen molar-refractivity contribution in [3.8, 4) is 5.75 Å². The molecule has 3 heterocycles. The average Bonchev–Trinajstić information content (AvgIpc) is 3.08. The second-order valence-electron chi connectivity index (χ2n) is 9.37. The zero-order chi connectivity index (χ0) is 24.3. The first-order valence-electron chi connectivity index (χ1n) is 12.1. The van der Waals surface area contributed by atoms with E-state index in [4.69, 9.17) is 4.74 Å². The maximum atomic E-state index is 14.6. The Balaban J connectivity index is 1.23. The first-order chi connectivity index (χ1) is 17.0. The second-order valence-corrected chi connectivity index (χ2v) is 9.37. The van der Waals surface area contributed by atoms with E-state index in [1.165, 1.54) is 6.07 Å². The van der Waals surface area contributed by atoms with Crippen LogP contribution in [0.4, 0.5) is 4.39 Å². The number of hydrogen-bond acceptors (Lipinski definition) is 5. The SMILES string of the molecule is O=C(CCN1Cc2ccccc2O[C@@H](c2ccccc2F)C1)N1CCC(O)(c2cccnc2)CC1. The van der Waals surface area contributed by atoms with Gasteiger partial charge in [0.15, 0.2) is 0 Å². The number of aliphatic hydroxyl groups is 1. The largest absolute Gasteiger partial charge is 0.484 e. The molecule has 6 nitrogen and oxygen atoms in total. The van der Waals surface area contributed by atoms with Crippen LogP contribution in [0.25, 0.3) is 0 Å². The molecule has 7 heteroatoms. The van der Waals surface area contributed by atoms with Crippen LogP contribution in [-0.4, -0.2) is 52.0 Å². The van der Waals surface area contributed by atoms with Gasteiger partial charge < -0.3 is 14.7 Å². The highest BCUT2D eigenvalue weighted by atomic mass is 19.1. The van der Waals surface area contributed by atoms with Crippen molar-refractivity contribution in [2.45, 2.75) is 37.5 Å². The highest BCUT2D eigenvalue weighted by Gasteiger charge is 2.35. The van der Waals surface area contributed by atoms with Crippen LogP contribution >= 0.6 is 0 Å². The van der Waals surface area contributed by atoms with Crippen LogP contribution in [0.5, 0.6) is 5.75 Å². The summed E-state index contributed by atoms with van der Waals surface area (Å²) in [6, 6.07) is 18.2. The van der Waals surface area contributed by atoms with E-state index >= 15 is 0 Å². The molecule has 2 aliphatic rings. The van der Waals surface area contributed by atoms with Gasteiger partial charge in [0.25, 0.3) is 0 Å². The Morgan fingerprint density at radius 3 is 2.63 bits per heavy atom. The van der Waals surface area contributed by atoms with Crippen molar-refractivity contribution in [2.75, 3.05) is 26.2 Å². The molecule has 5 rings (SSSR count). The van der Waals surface area contributed by atoms with E-state index in [9.17, 15) is 14.3 Å². The van der Waals surface area contributed by atoms with Crippen molar-refractivity contribution in [3.05, 3.63) is 95.6 Å². The van der Waals surface area contributed by atoms with Crippen molar-refractivity contribution < 1.29 is 19.0 Å². The summed E-state index contributed by atoms with van der Waals surface area (Å²) in [4.78, 5) is 21.2. The molecule has 2 aromatic carbocycles. The number of aromatic nitrogens is 1. The van der Waals surface area contributed by atoms with Crippen LogP contribution in [-0.2, 0) is 16.9 Å². The number of amides is 1. The van der Waals surface area contributed by atoms with Crippen molar-refractivity contribution in [1.82, 2.24) is 14.8 Å². The first kappa shape index (κ1) is 23.5. The fourth-order valence-electron chi connectivity index (χ4n) is 5.01. The van der Waals surface area contributed by atoms with Gasteiger partial charge in [-0.3, -0.25) is 14.7 Å². The van der Waals surface area contributed by atoms with Gasteiger partial charge in [-0.25, -0.2) is 4.39 Å². The number of likely N-dealkylation sites (tertiary alicyclic amines) is 1. The Bertz CT molecular complexity index is 1160. The number of fused-ring (bicyclic) bond motifs is 1. The normalized spacial score (nSPS) is 19.9. The molecule has 1 amide bonds. The van der Waals surface area contributed by atoms with Gasteiger partial charge in [0.05, 0.1) is 5.60 Å². The van der Waals surface area contributed by atoms with Gasteiger partial charge in [-0.15, -0.1) is 0 Å². The minimum atomic E-state index is -0.941. The molecule has 0 unspecified atom stereocenters. The molecule has 182 valence electrons. The van der Waals surface area contributed by atoms with Gasteiger partial charge in [0.2, 0.25) is 5.91 Å². The summed E-state index contributed by atoms with van der Waals surface area (Å²) in [6.45, 7) is 2.69. The number of ether oxygens (including phenoxy) is 1. The number of piperidine rings is 1. The Morgan fingerprint density at radius 1 is 1.09 bits per heavy atom. The molecule has 1 N–H and O–H groups in total. The fraction of sp³-hybridized carbons (Fsp3) is 0.357. The number of benzene rings is 2. The molecule has 0 aliphatic carbocycles. The predicted molar refractivity (Wildman–Crippen MR) is 130 cm³/mol. The molecular formula is C28H30FN3O3. The van der Waals surface area contributed by atoms with E-state index in [-0.39, 0.29) is 11.7 Å². The van der Waals surface area contributed by atoms with Crippen LogP contribution in [0.2, 0.25) is 0 Å². The van der Waals surface area contributed by atoms with Crippen LogP contribution in [0, 0.1) is 5.82 Å². The second kappa shape index (κ2) is 10.1. The van der Waals surface area contributed by atoms with E-state index < -0.39 is 11.7 Å². The molecule has 0 radical (unpaired) electrons. The molecule has 0 bridgehead atoms. The summed E-state index contributed by atoms with van der Waals surface area (Å²) >= 11 is 0. The molecule has 0 saturated carbocycles. The van der Waals surface area contributed by atoms with Crippen molar-refractivity contribution in [3.63, 3.8) is 0 Å². The van der Waals surface area contributed by atoms with Crippen molar-refractivity contribution in [1.29, 1.82) is 0 Å². The minimum Gasteiger partial charge on any atom is -0.484 e. The lowest BCUT2D eigenvalue weighted by Crippen LogP contribution is -2.46. The van der Waals surface area contributed by atoms with E-state index in [2.05, 4.69) is 9.88 Å². The Hall–Kier alpha value is -3.29. The third-order valence-electron chi connectivity index (χ3n) is 7.10. The van der Waals surface area contributed by atoms with E-state index in [0.29, 0.717) is 57.5 Å². The van der Waals surface area contributed by atoms with Gasteiger partial charge in [-0.05, 0) is 31.0 Å². The molecule has 1 fully saturated rings. The average molecular weight is 476 g/mol. The molecule has 0 spiro atoms. The summed E-state index contributed by atoms with van der Waals surface area (Å²) in [7, 11) is 0. The van der Waals surface area contributed by atoms with Crippen LogP contribution in [0.1, 0.15) is 42.1 Å². The Morgan fingerprint density at radius 2 is 1.86 bits per heavy atom. The highest BCUT2D eigenvalue weighted by Crippen LogP contribution is 2.34. The van der Waals surface area contributed by atoms with E-state index in [1.54, 1.807) is 24.5 Å². The number of pyridine rings is 1. The summed E-state index contributed by atoms with van der Waals surface area (Å²) in [6.07, 6.45) is 4.27.